The third-order valence-corrected chi connectivity index (χ3v) is 6.66. The maximum atomic E-state index is 12.5. The number of fused-ring (bicyclic) bond motifs is 1. The molecule has 1 aromatic carbocycles. The molecule has 166 valence electrons. The topological polar surface area (TPSA) is 65.5 Å². The van der Waals surface area contributed by atoms with Crippen LogP contribution < -0.4 is 10.2 Å². The van der Waals surface area contributed by atoms with E-state index in [4.69, 9.17) is 4.98 Å². The van der Waals surface area contributed by atoms with E-state index in [-0.39, 0.29) is 30.7 Å². The second kappa shape index (κ2) is 9.67. The number of hydrogen-bond acceptors (Lipinski definition) is 4. The molecule has 31 heavy (non-hydrogen) atoms. The SMILES string of the molecule is Cc1cc(N2CCCCC2)nc2ccc(NC(=O)CCC(=O)N3CCCCC3C)cc12. The van der Waals surface area contributed by atoms with E-state index < -0.39 is 0 Å². The zero-order chi connectivity index (χ0) is 21.8. The number of hydrogen-bond donors (Lipinski definition) is 1. The van der Waals surface area contributed by atoms with Gasteiger partial charge in [0.15, 0.2) is 0 Å². The minimum Gasteiger partial charge on any atom is -0.357 e. The minimum absolute atomic E-state index is 0.0890. The van der Waals surface area contributed by atoms with Gasteiger partial charge in [0.05, 0.1) is 5.52 Å². The Balaban J connectivity index is 1.38. The van der Waals surface area contributed by atoms with Crippen molar-refractivity contribution in [3.8, 4) is 0 Å². The van der Waals surface area contributed by atoms with Gasteiger partial charge in [-0.2, -0.15) is 0 Å². The molecule has 0 aliphatic carbocycles. The second-order valence-corrected chi connectivity index (χ2v) is 9.06. The maximum Gasteiger partial charge on any atom is 0.224 e. The number of carbonyl (C=O) groups excluding carboxylic acids is 2. The Kier molecular flexibility index (Phi) is 6.73. The lowest BCUT2D eigenvalue weighted by molar-refractivity contribution is -0.135. The monoisotopic (exact) mass is 422 g/mol. The van der Waals surface area contributed by atoms with Crippen LogP contribution in [0, 0.1) is 6.92 Å². The number of amides is 2. The lowest BCUT2D eigenvalue weighted by Crippen LogP contribution is -2.42. The molecule has 2 fully saturated rings. The van der Waals surface area contributed by atoms with Gasteiger partial charge in [-0.15, -0.1) is 0 Å². The summed E-state index contributed by atoms with van der Waals surface area (Å²) in [5.41, 5.74) is 2.87. The second-order valence-electron chi connectivity index (χ2n) is 9.06. The fourth-order valence-electron chi connectivity index (χ4n) is 4.80. The van der Waals surface area contributed by atoms with E-state index in [0.29, 0.717) is 0 Å². The first kappa shape index (κ1) is 21.6. The van der Waals surface area contributed by atoms with E-state index in [1.165, 1.54) is 25.7 Å². The summed E-state index contributed by atoms with van der Waals surface area (Å²) in [7, 11) is 0. The number of nitrogens with one attached hydrogen (secondary N) is 1. The number of anilines is 2. The van der Waals surface area contributed by atoms with Gasteiger partial charge in [-0.1, -0.05) is 0 Å². The maximum absolute atomic E-state index is 12.5. The molecule has 2 aliphatic heterocycles. The van der Waals surface area contributed by atoms with Crippen LogP contribution in [0.25, 0.3) is 10.9 Å². The first-order valence-electron chi connectivity index (χ1n) is 11.8. The predicted octanol–water partition coefficient (Wildman–Crippen LogP) is 4.65. The molecule has 2 amide bonds. The van der Waals surface area contributed by atoms with Crippen LogP contribution in [0.4, 0.5) is 11.5 Å². The Bertz CT molecular complexity index is 952. The number of pyridine rings is 1. The van der Waals surface area contributed by atoms with E-state index in [1.807, 2.05) is 23.1 Å². The molecule has 6 heteroatoms. The summed E-state index contributed by atoms with van der Waals surface area (Å²) in [4.78, 5) is 34.1. The molecule has 1 atom stereocenters. The summed E-state index contributed by atoms with van der Waals surface area (Å²) in [5.74, 6) is 1.02. The van der Waals surface area contributed by atoms with Gasteiger partial charge >= 0.3 is 0 Å². The fraction of sp³-hybridized carbons (Fsp3) is 0.560. The van der Waals surface area contributed by atoms with E-state index in [0.717, 1.165) is 60.4 Å². The largest absolute Gasteiger partial charge is 0.357 e. The van der Waals surface area contributed by atoms with Crippen molar-refractivity contribution in [3.05, 3.63) is 29.8 Å². The van der Waals surface area contributed by atoms with E-state index >= 15 is 0 Å². The quantitative estimate of drug-likeness (QED) is 0.761. The Morgan fingerprint density at radius 2 is 1.81 bits per heavy atom. The van der Waals surface area contributed by atoms with Crippen LogP contribution in [0.1, 0.15) is 63.9 Å². The highest BCUT2D eigenvalue weighted by Crippen LogP contribution is 2.27. The van der Waals surface area contributed by atoms with E-state index in [2.05, 4.69) is 30.1 Å². The molecule has 3 heterocycles. The van der Waals surface area contributed by atoms with Crippen LogP contribution in [0.2, 0.25) is 0 Å². The molecule has 0 bridgehead atoms. The van der Waals surface area contributed by atoms with Crippen molar-refractivity contribution in [1.29, 1.82) is 0 Å². The Hall–Kier alpha value is -2.63. The molecule has 1 N–H and O–H groups in total. The van der Waals surface area contributed by atoms with Gasteiger partial charge in [0, 0.05) is 49.6 Å². The Morgan fingerprint density at radius 1 is 1.03 bits per heavy atom. The predicted molar refractivity (Wildman–Crippen MR) is 125 cm³/mol. The van der Waals surface area contributed by atoms with Gasteiger partial charge in [0.25, 0.3) is 0 Å². The third-order valence-electron chi connectivity index (χ3n) is 6.66. The van der Waals surface area contributed by atoms with Crippen molar-refractivity contribution in [2.45, 2.75) is 71.3 Å². The standard InChI is InChI=1S/C25H34N4O2/c1-18-16-23(28-13-5-3-6-14-28)27-22-10-9-20(17-21(18)22)26-24(30)11-12-25(31)29-15-7-4-8-19(29)2/h9-10,16-17,19H,3-8,11-15H2,1-2H3,(H,26,30). The molecule has 4 rings (SSSR count). The highest BCUT2D eigenvalue weighted by molar-refractivity contribution is 5.96. The van der Waals surface area contributed by atoms with Crippen molar-refractivity contribution in [1.82, 2.24) is 9.88 Å². The number of rotatable bonds is 5. The highest BCUT2D eigenvalue weighted by atomic mass is 16.2. The van der Waals surface area contributed by atoms with Gasteiger partial charge < -0.3 is 15.1 Å². The van der Waals surface area contributed by atoms with Crippen molar-refractivity contribution >= 4 is 34.2 Å². The zero-order valence-corrected chi connectivity index (χ0v) is 18.8. The molecule has 2 aliphatic rings. The van der Waals surface area contributed by atoms with Gasteiger partial charge in [-0.3, -0.25) is 9.59 Å². The summed E-state index contributed by atoms with van der Waals surface area (Å²) in [6.45, 7) is 7.15. The smallest absolute Gasteiger partial charge is 0.224 e. The molecule has 2 aromatic rings. The first-order chi connectivity index (χ1) is 15.0. The number of likely N-dealkylation sites (tertiary alicyclic amines) is 1. The van der Waals surface area contributed by atoms with Crippen molar-refractivity contribution in [2.24, 2.45) is 0 Å². The lowest BCUT2D eigenvalue weighted by atomic mass is 10.0. The van der Waals surface area contributed by atoms with Gasteiger partial charge in [-0.25, -0.2) is 4.98 Å². The summed E-state index contributed by atoms with van der Waals surface area (Å²) >= 11 is 0. The first-order valence-corrected chi connectivity index (χ1v) is 11.8. The van der Waals surface area contributed by atoms with E-state index in [9.17, 15) is 9.59 Å². The normalized spacial score (nSPS) is 19.5. The molecule has 1 unspecified atom stereocenters. The lowest BCUT2D eigenvalue weighted by Gasteiger charge is -2.33. The van der Waals surface area contributed by atoms with Crippen LogP contribution in [-0.2, 0) is 9.59 Å². The van der Waals surface area contributed by atoms with Gasteiger partial charge in [-0.05, 0) is 82.2 Å². The number of piperidine rings is 2. The van der Waals surface area contributed by atoms with Gasteiger partial charge in [0.2, 0.25) is 11.8 Å². The average molecular weight is 423 g/mol. The van der Waals surface area contributed by atoms with Crippen molar-refractivity contribution in [3.63, 3.8) is 0 Å². The zero-order valence-electron chi connectivity index (χ0n) is 18.8. The average Bonchev–Trinajstić information content (AvgIpc) is 2.78. The Labute approximate surface area is 185 Å². The van der Waals surface area contributed by atoms with Crippen molar-refractivity contribution < 1.29 is 9.59 Å². The summed E-state index contributed by atoms with van der Waals surface area (Å²) in [6.07, 6.45) is 7.53. The molecule has 0 saturated carbocycles. The van der Waals surface area contributed by atoms with Crippen LogP contribution in [0.3, 0.4) is 0 Å². The summed E-state index contributed by atoms with van der Waals surface area (Å²) in [6, 6.07) is 8.31. The molecule has 6 nitrogen and oxygen atoms in total. The van der Waals surface area contributed by atoms with E-state index in [1.54, 1.807) is 0 Å². The number of aryl methyl sites for hydroxylation is 1. The molecule has 2 saturated heterocycles. The van der Waals surface area contributed by atoms with Crippen LogP contribution >= 0.6 is 0 Å². The molecular formula is C25H34N4O2. The number of benzene rings is 1. The molecular weight excluding hydrogens is 388 g/mol. The van der Waals surface area contributed by atoms with Crippen molar-refractivity contribution in [2.75, 3.05) is 29.9 Å². The molecule has 0 spiro atoms. The number of nitrogens with zero attached hydrogens (tertiary/aromatic N) is 3. The third kappa shape index (κ3) is 5.17. The molecule has 0 radical (unpaired) electrons. The van der Waals surface area contributed by atoms with Crippen LogP contribution in [0.15, 0.2) is 24.3 Å². The number of carbonyl (C=O) groups is 2. The number of aromatic nitrogens is 1. The van der Waals surface area contributed by atoms with Gasteiger partial charge in [0.1, 0.15) is 5.82 Å². The van der Waals surface area contributed by atoms with Crippen LogP contribution in [0.5, 0.6) is 0 Å². The minimum atomic E-state index is -0.118. The highest BCUT2D eigenvalue weighted by Gasteiger charge is 2.23. The Morgan fingerprint density at radius 3 is 2.58 bits per heavy atom. The summed E-state index contributed by atoms with van der Waals surface area (Å²) < 4.78 is 0. The fourth-order valence-corrected chi connectivity index (χ4v) is 4.80. The molecule has 1 aromatic heterocycles. The van der Waals surface area contributed by atoms with Crippen LogP contribution in [-0.4, -0.2) is 47.4 Å². The summed E-state index contributed by atoms with van der Waals surface area (Å²) in [5, 5.41) is 4.01.